The zero-order chi connectivity index (χ0) is 12.1. The molecule has 0 saturated heterocycles. The molecule has 1 heterocycles. The Bertz CT molecular complexity index is 352. The van der Waals surface area contributed by atoms with Crippen molar-refractivity contribution >= 4 is 33.2 Å². The molecule has 1 N–H and O–H groups in total. The molecule has 1 atom stereocenters. The van der Waals surface area contributed by atoms with Crippen LogP contribution in [0, 0.1) is 0 Å². The Labute approximate surface area is 109 Å². The molecule has 0 saturated carbocycles. The Morgan fingerprint density at radius 2 is 2.31 bits per heavy atom. The van der Waals surface area contributed by atoms with Crippen LogP contribution in [-0.4, -0.2) is 31.4 Å². The highest BCUT2D eigenvalue weighted by Gasteiger charge is 2.11. The minimum atomic E-state index is 0.157. The van der Waals surface area contributed by atoms with Gasteiger partial charge in [0.1, 0.15) is 0 Å². The van der Waals surface area contributed by atoms with Crippen LogP contribution in [0.2, 0.25) is 0 Å². The van der Waals surface area contributed by atoms with Gasteiger partial charge in [-0.3, -0.25) is 4.79 Å². The smallest absolute Gasteiger partial charge is 0.223 e. The van der Waals surface area contributed by atoms with Gasteiger partial charge in [0.25, 0.3) is 0 Å². The van der Waals surface area contributed by atoms with Crippen LogP contribution in [0.1, 0.15) is 24.3 Å². The normalized spacial score (nSPS) is 12.5. The summed E-state index contributed by atoms with van der Waals surface area (Å²) in [5.41, 5.74) is 0. The molecule has 1 aromatic rings. The van der Waals surface area contributed by atoms with Gasteiger partial charge >= 0.3 is 0 Å². The van der Waals surface area contributed by atoms with E-state index in [0.29, 0.717) is 13.0 Å². The minimum absolute atomic E-state index is 0.157. The molecule has 16 heavy (non-hydrogen) atoms. The number of carbonyl (C=O) groups excluding carboxylic acids is 1. The molecule has 1 amide bonds. The molecule has 5 heteroatoms. The topological polar surface area (TPSA) is 32.3 Å². The van der Waals surface area contributed by atoms with Crippen molar-refractivity contribution in [2.24, 2.45) is 0 Å². The van der Waals surface area contributed by atoms with Crippen LogP contribution in [0.4, 0.5) is 0 Å². The molecule has 0 bridgehead atoms. The lowest BCUT2D eigenvalue weighted by Gasteiger charge is -2.14. The number of nitrogens with zero attached hydrogens (tertiary/aromatic N) is 1. The maximum Gasteiger partial charge on any atom is 0.223 e. The van der Waals surface area contributed by atoms with Crippen molar-refractivity contribution in [3.63, 3.8) is 0 Å². The summed E-state index contributed by atoms with van der Waals surface area (Å²) >= 11 is 5.22. The summed E-state index contributed by atoms with van der Waals surface area (Å²) < 4.78 is 1.14. The van der Waals surface area contributed by atoms with Crippen molar-refractivity contribution in [3.8, 4) is 0 Å². The second-order valence-corrected chi connectivity index (χ2v) is 5.65. The first kappa shape index (κ1) is 13.7. The highest BCUT2D eigenvalue weighted by molar-refractivity contribution is 9.10. The van der Waals surface area contributed by atoms with Gasteiger partial charge in [-0.25, -0.2) is 0 Å². The molecule has 1 unspecified atom stereocenters. The maximum absolute atomic E-state index is 11.4. The first-order valence-electron chi connectivity index (χ1n) is 5.18. The molecule has 1 aromatic heterocycles. The Balaban J connectivity index is 2.34. The van der Waals surface area contributed by atoms with Crippen LogP contribution in [-0.2, 0) is 4.79 Å². The van der Waals surface area contributed by atoms with E-state index < -0.39 is 0 Å². The number of nitrogens with one attached hydrogen (secondary N) is 1. The zero-order valence-corrected chi connectivity index (χ0v) is 12.2. The molecular formula is C11H17BrN2OS. The van der Waals surface area contributed by atoms with E-state index in [1.54, 1.807) is 30.3 Å². The number of thiophene rings is 1. The minimum Gasteiger partial charge on any atom is -0.349 e. The number of hydrogen-bond acceptors (Lipinski definition) is 3. The molecule has 0 spiro atoms. The standard InChI is InChI=1S/C11H17BrN2OS/c1-8(11-9(12)5-7-16-11)13-6-4-10(15)14(2)3/h5,7-8,13H,4,6H2,1-3H3. The van der Waals surface area contributed by atoms with Gasteiger partial charge in [0.2, 0.25) is 5.91 Å². The monoisotopic (exact) mass is 304 g/mol. The predicted octanol–water partition coefficient (Wildman–Crippen LogP) is 2.64. The van der Waals surface area contributed by atoms with Crippen LogP contribution < -0.4 is 5.32 Å². The van der Waals surface area contributed by atoms with Crippen molar-refractivity contribution in [3.05, 3.63) is 20.8 Å². The fourth-order valence-corrected chi connectivity index (χ4v) is 3.08. The number of amides is 1. The first-order chi connectivity index (χ1) is 7.52. The molecule has 1 rings (SSSR count). The predicted molar refractivity (Wildman–Crippen MR) is 71.7 cm³/mol. The molecule has 0 aliphatic carbocycles. The Hall–Kier alpha value is -0.390. The molecule has 0 aliphatic heterocycles. The van der Waals surface area contributed by atoms with E-state index in [2.05, 4.69) is 33.6 Å². The van der Waals surface area contributed by atoms with E-state index in [4.69, 9.17) is 0 Å². The molecule has 0 fully saturated rings. The van der Waals surface area contributed by atoms with Crippen LogP contribution in [0.3, 0.4) is 0 Å². The fraction of sp³-hybridized carbons (Fsp3) is 0.545. The molecule has 0 aliphatic rings. The highest BCUT2D eigenvalue weighted by atomic mass is 79.9. The van der Waals surface area contributed by atoms with Crippen LogP contribution >= 0.6 is 27.3 Å². The lowest BCUT2D eigenvalue weighted by atomic mass is 10.2. The van der Waals surface area contributed by atoms with Gasteiger partial charge in [-0.05, 0) is 34.3 Å². The second-order valence-electron chi connectivity index (χ2n) is 3.85. The van der Waals surface area contributed by atoms with Gasteiger partial charge in [0.15, 0.2) is 0 Å². The van der Waals surface area contributed by atoms with Crippen LogP contribution in [0.5, 0.6) is 0 Å². The van der Waals surface area contributed by atoms with Crippen LogP contribution in [0.15, 0.2) is 15.9 Å². The highest BCUT2D eigenvalue weighted by Crippen LogP contribution is 2.28. The number of rotatable bonds is 5. The lowest BCUT2D eigenvalue weighted by Crippen LogP contribution is -2.27. The number of carbonyl (C=O) groups is 1. The maximum atomic E-state index is 11.4. The summed E-state index contributed by atoms with van der Waals surface area (Å²) in [4.78, 5) is 14.3. The summed E-state index contributed by atoms with van der Waals surface area (Å²) in [7, 11) is 3.56. The Kier molecular flexibility index (Phi) is 5.44. The third-order valence-corrected chi connectivity index (χ3v) is 4.38. The summed E-state index contributed by atoms with van der Waals surface area (Å²) in [6.45, 7) is 2.82. The van der Waals surface area contributed by atoms with Crippen molar-refractivity contribution in [2.45, 2.75) is 19.4 Å². The Morgan fingerprint density at radius 3 is 2.81 bits per heavy atom. The van der Waals surface area contributed by atoms with Crippen molar-refractivity contribution in [1.29, 1.82) is 0 Å². The zero-order valence-electron chi connectivity index (χ0n) is 9.79. The van der Waals surface area contributed by atoms with Crippen molar-refractivity contribution in [1.82, 2.24) is 10.2 Å². The van der Waals surface area contributed by atoms with Gasteiger partial charge in [-0.15, -0.1) is 11.3 Å². The van der Waals surface area contributed by atoms with E-state index in [1.807, 2.05) is 6.07 Å². The summed E-state index contributed by atoms with van der Waals surface area (Å²) in [6, 6.07) is 2.33. The first-order valence-corrected chi connectivity index (χ1v) is 6.86. The lowest BCUT2D eigenvalue weighted by molar-refractivity contribution is -0.128. The third kappa shape index (κ3) is 3.88. The molecule has 3 nitrogen and oxygen atoms in total. The van der Waals surface area contributed by atoms with Crippen LogP contribution in [0.25, 0.3) is 0 Å². The molecule has 0 aromatic carbocycles. The fourth-order valence-electron chi connectivity index (χ4n) is 1.33. The average molecular weight is 305 g/mol. The second kappa shape index (κ2) is 6.37. The average Bonchev–Trinajstić information content (AvgIpc) is 2.64. The van der Waals surface area contributed by atoms with E-state index in [-0.39, 0.29) is 11.9 Å². The molecule has 0 radical (unpaired) electrons. The largest absolute Gasteiger partial charge is 0.349 e. The van der Waals surface area contributed by atoms with Gasteiger partial charge in [-0.1, -0.05) is 0 Å². The van der Waals surface area contributed by atoms with Gasteiger partial charge in [0.05, 0.1) is 0 Å². The Morgan fingerprint density at radius 1 is 1.62 bits per heavy atom. The van der Waals surface area contributed by atoms with Gasteiger partial charge in [0, 0.05) is 42.5 Å². The van der Waals surface area contributed by atoms with E-state index in [1.165, 1.54) is 4.88 Å². The molecule has 90 valence electrons. The summed E-state index contributed by atoms with van der Waals surface area (Å²) in [6.07, 6.45) is 0.542. The number of halogens is 1. The summed E-state index contributed by atoms with van der Waals surface area (Å²) in [5.74, 6) is 0.157. The van der Waals surface area contributed by atoms with E-state index in [0.717, 1.165) is 4.47 Å². The SMILES string of the molecule is CC(NCCC(=O)N(C)C)c1sccc1Br. The summed E-state index contributed by atoms with van der Waals surface area (Å²) in [5, 5.41) is 5.40. The van der Waals surface area contributed by atoms with E-state index in [9.17, 15) is 4.79 Å². The van der Waals surface area contributed by atoms with Crippen molar-refractivity contribution in [2.75, 3.05) is 20.6 Å². The van der Waals surface area contributed by atoms with Gasteiger partial charge < -0.3 is 10.2 Å². The van der Waals surface area contributed by atoms with E-state index >= 15 is 0 Å². The van der Waals surface area contributed by atoms with Gasteiger partial charge in [-0.2, -0.15) is 0 Å². The van der Waals surface area contributed by atoms with Crippen molar-refractivity contribution < 1.29 is 4.79 Å². The quantitative estimate of drug-likeness (QED) is 0.907. The third-order valence-electron chi connectivity index (χ3n) is 2.33. The number of hydrogen-bond donors (Lipinski definition) is 1. The molecular weight excluding hydrogens is 288 g/mol.